The molecule has 1 aromatic heterocycles. The molecule has 0 aliphatic carbocycles. The molecular formula is C14H19N5OS. The highest BCUT2D eigenvalue weighted by atomic mass is 32.2. The first kappa shape index (κ1) is 14.3. The maximum atomic E-state index is 6.16. The van der Waals surface area contributed by atoms with Crippen molar-refractivity contribution in [2.75, 3.05) is 12.3 Å². The van der Waals surface area contributed by atoms with Gasteiger partial charge in [-0.3, -0.25) is 0 Å². The number of ether oxygens (including phenoxy) is 1. The molecule has 0 fully saturated rings. The summed E-state index contributed by atoms with van der Waals surface area (Å²) < 4.78 is 6.16. The standard InChI is InChI=1S/C14H19N5OS/c1-3-15-10(8-14-16-18-19(2)17-14)12-9-21-13-7-5-4-6-11(13)20-12/h4-7,10,12,15H,3,8-9H2,1-2H3. The number of nitrogens with one attached hydrogen (secondary N) is 1. The number of likely N-dealkylation sites (N-methyl/N-ethyl adjacent to an activating group) is 1. The van der Waals surface area contributed by atoms with Crippen molar-refractivity contribution in [3.05, 3.63) is 30.1 Å². The molecule has 0 saturated heterocycles. The Kier molecular flexibility index (Phi) is 4.40. The van der Waals surface area contributed by atoms with Gasteiger partial charge in [0.2, 0.25) is 0 Å². The number of thioether (sulfide) groups is 1. The van der Waals surface area contributed by atoms with Crippen molar-refractivity contribution in [2.24, 2.45) is 7.05 Å². The smallest absolute Gasteiger partial charge is 0.176 e. The fourth-order valence-electron chi connectivity index (χ4n) is 2.43. The first-order valence-corrected chi connectivity index (χ1v) is 8.09. The summed E-state index contributed by atoms with van der Waals surface area (Å²) in [6.07, 6.45) is 0.823. The second-order valence-corrected chi connectivity index (χ2v) is 6.04. The molecule has 2 aromatic rings. The average molecular weight is 305 g/mol. The topological polar surface area (TPSA) is 64.9 Å². The van der Waals surface area contributed by atoms with Crippen LogP contribution in [0.4, 0.5) is 0 Å². The van der Waals surface area contributed by atoms with Gasteiger partial charge in [-0.2, -0.15) is 4.80 Å². The van der Waals surface area contributed by atoms with Gasteiger partial charge in [-0.15, -0.1) is 22.0 Å². The van der Waals surface area contributed by atoms with Gasteiger partial charge in [-0.1, -0.05) is 19.1 Å². The predicted octanol–water partition coefficient (Wildman–Crippen LogP) is 1.28. The molecule has 0 spiro atoms. The van der Waals surface area contributed by atoms with E-state index in [4.69, 9.17) is 4.74 Å². The third-order valence-corrected chi connectivity index (χ3v) is 4.54. The van der Waals surface area contributed by atoms with E-state index in [2.05, 4.69) is 33.7 Å². The number of hydrogen-bond donors (Lipinski definition) is 1. The van der Waals surface area contributed by atoms with Crippen LogP contribution in [0, 0.1) is 0 Å². The molecule has 1 N–H and O–H groups in total. The maximum Gasteiger partial charge on any atom is 0.176 e. The van der Waals surface area contributed by atoms with Gasteiger partial charge in [-0.05, 0) is 23.9 Å². The summed E-state index contributed by atoms with van der Waals surface area (Å²) in [7, 11) is 1.78. The SMILES string of the molecule is CCNC(Cc1nnn(C)n1)C1CSc2ccccc2O1. The van der Waals surface area contributed by atoms with Crippen LogP contribution in [0.1, 0.15) is 12.7 Å². The lowest BCUT2D eigenvalue weighted by Crippen LogP contribution is -2.47. The Bertz CT molecular complexity index is 603. The third-order valence-electron chi connectivity index (χ3n) is 3.40. The van der Waals surface area contributed by atoms with Crippen LogP contribution in [0.3, 0.4) is 0 Å². The van der Waals surface area contributed by atoms with Crippen molar-refractivity contribution in [2.45, 2.75) is 30.4 Å². The summed E-state index contributed by atoms with van der Waals surface area (Å²) in [5.74, 6) is 2.64. The summed E-state index contributed by atoms with van der Waals surface area (Å²) in [6, 6.07) is 8.36. The molecule has 21 heavy (non-hydrogen) atoms. The monoisotopic (exact) mass is 305 g/mol. The summed E-state index contributed by atoms with van der Waals surface area (Å²) >= 11 is 1.84. The van der Waals surface area contributed by atoms with Crippen LogP contribution in [-0.2, 0) is 13.5 Å². The van der Waals surface area contributed by atoms with Crippen molar-refractivity contribution in [1.82, 2.24) is 25.5 Å². The Morgan fingerprint density at radius 2 is 2.33 bits per heavy atom. The molecule has 1 aliphatic heterocycles. The fourth-order valence-corrected chi connectivity index (χ4v) is 3.51. The molecular weight excluding hydrogens is 286 g/mol. The minimum absolute atomic E-state index is 0.105. The van der Waals surface area contributed by atoms with Crippen LogP contribution in [0.2, 0.25) is 0 Å². The Morgan fingerprint density at radius 3 is 3.10 bits per heavy atom. The first-order valence-electron chi connectivity index (χ1n) is 7.11. The fraction of sp³-hybridized carbons (Fsp3) is 0.500. The van der Waals surface area contributed by atoms with E-state index >= 15 is 0 Å². The number of rotatable bonds is 5. The van der Waals surface area contributed by atoms with Crippen LogP contribution in [0.5, 0.6) is 5.75 Å². The number of aryl methyl sites for hydroxylation is 1. The lowest BCUT2D eigenvalue weighted by atomic mass is 10.1. The van der Waals surface area contributed by atoms with Gasteiger partial charge in [-0.25, -0.2) is 0 Å². The second kappa shape index (κ2) is 6.44. The molecule has 1 aromatic carbocycles. The lowest BCUT2D eigenvalue weighted by molar-refractivity contribution is 0.165. The zero-order valence-electron chi connectivity index (χ0n) is 12.2. The molecule has 7 heteroatoms. The van der Waals surface area contributed by atoms with E-state index in [9.17, 15) is 0 Å². The van der Waals surface area contributed by atoms with E-state index in [-0.39, 0.29) is 12.1 Å². The molecule has 2 atom stereocenters. The van der Waals surface area contributed by atoms with Crippen molar-refractivity contribution in [1.29, 1.82) is 0 Å². The highest BCUT2D eigenvalue weighted by Gasteiger charge is 2.28. The van der Waals surface area contributed by atoms with Gasteiger partial charge in [0, 0.05) is 17.1 Å². The zero-order valence-corrected chi connectivity index (χ0v) is 13.0. The quantitative estimate of drug-likeness (QED) is 0.898. The second-order valence-electron chi connectivity index (χ2n) is 4.98. The van der Waals surface area contributed by atoms with Gasteiger partial charge in [0.15, 0.2) is 5.82 Å². The maximum absolute atomic E-state index is 6.16. The van der Waals surface area contributed by atoms with Crippen LogP contribution in [-0.4, -0.2) is 44.7 Å². The Balaban J connectivity index is 1.72. The largest absolute Gasteiger partial charge is 0.487 e. The van der Waals surface area contributed by atoms with Crippen molar-refractivity contribution >= 4 is 11.8 Å². The molecule has 6 nitrogen and oxygen atoms in total. The average Bonchev–Trinajstić information content (AvgIpc) is 2.91. The van der Waals surface area contributed by atoms with Gasteiger partial charge < -0.3 is 10.1 Å². The summed E-state index contributed by atoms with van der Waals surface area (Å²) in [5, 5.41) is 15.7. The number of hydrogen-bond acceptors (Lipinski definition) is 6. The number of benzene rings is 1. The van der Waals surface area contributed by atoms with Gasteiger partial charge in [0.1, 0.15) is 11.9 Å². The Morgan fingerprint density at radius 1 is 1.48 bits per heavy atom. The molecule has 2 heterocycles. The Labute approximate surface area is 128 Å². The lowest BCUT2D eigenvalue weighted by Gasteiger charge is -2.31. The van der Waals surface area contributed by atoms with Crippen LogP contribution >= 0.6 is 11.8 Å². The zero-order chi connectivity index (χ0) is 14.7. The minimum Gasteiger partial charge on any atom is -0.487 e. The number of para-hydroxylation sites is 1. The molecule has 1 aliphatic rings. The van der Waals surface area contributed by atoms with Gasteiger partial charge in [0.05, 0.1) is 13.1 Å². The van der Waals surface area contributed by atoms with E-state index in [0.717, 1.165) is 30.3 Å². The minimum atomic E-state index is 0.105. The highest BCUT2D eigenvalue weighted by molar-refractivity contribution is 7.99. The number of aromatic nitrogens is 4. The van der Waals surface area contributed by atoms with Gasteiger partial charge in [0.25, 0.3) is 0 Å². The number of nitrogens with zero attached hydrogens (tertiary/aromatic N) is 4. The van der Waals surface area contributed by atoms with E-state index < -0.39 is 0 Å². The molecule has 3 rings (SSSR count). The van der Waals surface area contributed by atoms with Crippen LogP contribution in [0.15, 0.2) is 29.2 Å². The van der Waals surface area contributed by atoms with Crippen LogP contribution in [0.25, 0.3) is 0 Å². The molecule has 112 valence electrons. The Hall–Kier alpha value is -1.60. The molecule has 2 unspecified atom stereocenters. The van der Waals surface area contributed by atoms with Crippen molar-refractivity contribution in [3.8, 4) is 5.75 Å². The third kappa shape index (κ3) is 3.36. The predicted molar refractivity (Wildman–Crippen MR) is 81.5 cm³/mol. The molecule has 0 amide bonds. The normalized spacial score (nSPS) is 18.9. The summed E-state index contributed by atoms with van der Waals surface area (Å²) in [4.78, 5) is 2.70. The molecule has 0 bridgehead atoms. The summed E-state index contributed by atoms with van der Waals surface area (Å²) in [6.45, 7) is 2.98. The van der Waals surface area contributed by atoms with Crippen LogP contribution < -0.4 is 10.1 Å². The number of fused-ring (bicyclic) bond motifs is 1. The van der Waals surface area contributed by atoms with Gasteiger partial charge >= 0.3 is 0 Å². The van der Waals surface area contributed by atoms with E-state index in [1.165, 1.54) is 9.69 Å². The number of tetrazole rings is 1. The van der Waals surface area contributed by atoms with Crippen molar-refractivity contribution in [3.63, 3.8) is 0 Å². The molecule has 0 saturated carbocycles. The first-order chi connectivity index (χ1) is 10.3. The van der Waals surface area contributed by atoms with E-state index in [1.54, 1.807) is 7.05 Å². The summed E-state index contributed by atoms with van der Waals surface area (Å²) in [5.41, 5.74) is 0. The van der Waals surface area contributed by atoms with E-state index in [1.807, 2.05) is 30.0 Å². The highest BCUT2D eigenvalue weighted by Crippen LogP contribution is 2.35. The van der Waals surface area contributed by atoms with Crippen molar-refractivity contribution < 1.29 is 4.74 Å². The molecule has 0 radical (unpaired) electrons. The van der Waals surface area contributed by atoms with E-state index in [0.29, 0.717) is 0 Å².